The van der Waals surface area contributed by atoms with E-state index in [-0.39, 0.29) is 17.5 Å². The van der Waals surface area contributed by atoms with E-state index >= 15 is 0 Å². The van der Waals surface area contributed by atoms with Gasteiger partial charge in [-0.1, -0.05) is 26.7 Å². The van der Waals surface area contributed by atoms with Gasteiger partial charge >= 0.3 is 5.97 Å². The van der Waals surface area contributed by atoms with Crippen LogP contribution in [0.4, 0.5) is 0 Å². The van der Waals surface area contributed by atoms with Crippen LogP contribution in [0.25, 0.3) is 0 Å². The maximum absolute atomic E-state index is 12.1. The van der Waals surface area contributed by atoms with Crippen LogP contribution in [-0.4, -0.2) is 11.6 Å². The van der Waals surface area contributed by atoms with Crippen LogP contribution in [0, 0.1) is 23.7 Å². The molecule has 2 aliphatic carbocycles. The third-order valence-corrected chi connectivity index (χ3v) is 5.29. The van der Waals surface area contributed by atoms with Gasteiger partial charge in [0, 0.05) is 0 Å². The average molecular weight is 252 g/mol. The zero-order valence-electron chi connectivity index (χ0n) is 12.4. The predicted octanol–water partition coefficient (Wildman–Crippen LogP) is 4.18. The zero-order chi connectivity index (χ0) is 13.3. The molecule has 0 saturated heterocycles. The fourth-order valence-corrected chi connectivity index (χ4v) is 3.39. The van der Waals surface area contributed by atoms with Crippen molar-refractivity contribution in [2.24, 2.45) is 23.7 Å². The van der Waals surface area contributed by atoms with Crippen LogP contribution in [0.1, 0.15) is 66.2 Å². The van der Waals surface area contributed by atoms with Gasteiger partial charge in [0.05, 0.1) is 5.92 Å². The van der Waals surface area contributed by atoms with Crippen LogP contribution in [0.5, 0.6) is 0 Å². The van der Waals surface area contributed by atoms with Crippen molar-refractivity contribution in [3.05, 3.63) is 0 Å². The first-order valence-corrected chi connectivity index (χ1v) is 7.63. The second-order valence-electron chi connectivity index (χ2n) is 7.14. The molecule has 0 radical (unpaired) electrons. The summed E-state index contributed by atoms with van der Waals surface area (Å²) in [6.45, 7) is 8.69. The smallest absolute Gasteiger partial charge is 0.309 e. The van der Waals surface area contributed by atoms with E-state index in [9.17, 15) is 4.79 Å². The fourth-order valence-electron chi connectivity index (χ4n) is 3.39. The van der Waals surface area contributed by atoms with Crippen molar-refractivity contribution in [1.29, 1.82) is 0 Å². The average Bonchev–Trinajstić information content (AvgIpc) is 2.26. The maximum Gasteiger partial charge on any atom is 0.309 e. The molecule has 0 aromatic heterocycles. The lowest BCUT2D eigenvalue weighted by molar-refractivity contribution is -0.174. The van der Waals surface area contributed by atoms with Crippen molar-refractivity contribution in [2.75, 3.05) is 0 Å². The Kier molecular flexibility index (Phi) is 4.03. The first-order chi connectivity index (χ1) is 8.40. The normalized spacial score (nSPS) is 36.9. The topological polar surface area (TPSA) is 26.3 Å². The molecule has 18 heavy (non-hydrogen) atoms. The Morgan fingerprint density at radius 2 is 1.61 bits per heavy atom. The highest BCUT2D eigenvalue weighted by Gasteiger charge is 2.40. The summed E-state index contributed by atoms with van der Waals surface area (Å²) in [5.74, 6) is 2.15. The van der Waals surface area contributed by atoms with Gasteiger partial charge in [0.15, 0.2) is 0 Å². The maximum atomic E-state index is 12.1. The number of carbonyl (C=O) groups is 1. The molecule has 0 bridgehead atoms. The Balaban J connectivity index is 1.88. The van der Waals surface area contributed by atoms with Crippen LogP contribution in [-0.2, 0) is 9.53 Å². The monoisotopic (exact) mass is 252 g/mol. The molecule has 2 unspecified atom stereocenters. The molecule has 0 aliphatic heterocycles. The Morgan fingerprint density at radius 3 is 2.06 bits per heavy atom. The van der Waals surface area contributed by atoms with Gasteiger partial charge in [-0.2, -0.15) is 0 Å². The molecule has 0 N–H and O–H groups in total. The first kappa shape index (κ1) is 13.9. The lowest BCUT2D eigenvalue weighted by atomic mass is 9.73. The molecule has 104 valence electrons. The van der Waals surface area contributed by atoms with Gasteiger partial charge in [-0.3, -0.25) is 4.79 Å². The minimum Gasteiger partial charge on any atom is -0.459 e. The molecule has 0 amide bonds. The molecular weight excluding hydrogens is 224 g/mol. The summed E-state index contributed by atoms with van der Waals surface area (Å²) in [6, 6.07) is 0. The number of hydrogen-bond donors (Lipinski definition) is 0. The number of rotatable bonds is 3. The van der Waals surface area contributed by atoms with E-state index in [1.807, 2.05) is 0 Å². The van der Waals surface area contributed by atoms with Crippen molar-refractivity contribution in [3.63, 3.8) is 0 Å². The Labute approximate surface area is 111 Å². The van der Waals surface area contributed by atoms with Gasteiger partial charge in [0.25, 0.3) is 0 Å². The summed E-state index contributed by atoms with van der Waals surface area (Å²) < 4.78 is 5.85. The quantitative estimate of drug-likeness (QED) is 0.704. The molecular formula is C16H28O2. The van der Waals surface area contributed by atoms with Crippen LogP contribution in [0.3, 0.4) is 0 Å². The van der Waals surface area contributed by atoms with E-state index in [1.165, 1.54) is 32.1 Å². The molecule has 2 rings (SSSR count). The number of hydrogen-bond acceptors (Lipinski definition) is 2. The van der Waals surface area contributed by atoms with Gasteiger partial charge in [0.2, 0.25) is 0 Å². The van der Waals surface area contributed by atoms with E-state index in [1.54, 1.807) is 0 Å². The van der Waals surface area contributed by atoms with Crippen LogP contribution in [0.15, 0.2) is 0 Å². The number of esters is 1. The lowest BCUT2D eigenvalue weighted by Gasteiger charge is -2.41. The predicted molar refractivity (Wildman–Crippen MR) is 73.2 cm³/mol. The van der Waals surface area contributed by atoms with Gasteiger partial charge < -0.3 is 4.74 Å². The molecule has 2 heteroatoms. The minimum atomic E-state index is -0.271. The summed E-state index contributed by atoms with van der Waals surface area (Å²) in [5.41, 5.74) is -0.271. The van der Waals surface area contributed by atoms with Crippen LogP contribution in [0.2, 0.25) is 0 Å². The van der Waals surface area contributed by atoms with E-state index < -0.39 is 0 Å². The van der Waals surface area contributed by atoms with Gasteiger partial charge in [-0.05, 0) is 57.3 Å². The molecule has 2 nitrogen and oxygen atoms in total. The molecule has 0 spiro atoms. The van der Waals surface area contributed by atoms with Crippen molar-refractivity contribution >= 4 is 5.97 Å². The Morgan fingerprint density at radius 1 is 1.00 bits per heavy atom. The van der Waals surface area contributed by atoms with Crippen LogP contribution >= 0.6 is 0 Å². The SMILES string of the molecule is CC1CCC(C(C)(C)OC(=O)C2CCC2C)CC1. The molecule has 2 fully saturated rings. The Hall–Kier alpha value is -0.530. The third-order valence-electron chi connectivity index (χ3n) is 5.29. The summed E-state index contributed by atoms with van der Waals surface area (Å²) in [6.07, 6.45) is 7.19. The number of ether oxygens (including phenoxy) is 1. The largest absolute Gasteiger partial charge is 0.459 e. The van der Waals surface area contributed by atoms with Crippen molar-refractivity contribution in [2.45, 2.75) is 71.8 Å². The molecule has 2 aliphatic rings. The fraction of sp³-hybridized carbons (Fsp3) is 0.938. The van der Waals surface area contributed by atoms with E-state index in [0.29, 0.717) is 11.8 Å². The van der Waals surface area contributed by atoms with E-state index in [0.717, 1.165) is 12.3 Å². The minimum absolute atomic E-state index is 0.0531. The Bertz CT molecular complexity index is 300. The highest BCUT2D eigenvalue weighted by atomic mass is 16.6. The van der Waals surface area contributed by atoms with Crippen LogP contribution < -0.4 is 0 Å². The summed E-state index contributed by atoms with van der Waals surface area (Å²) in [5, 5.41) is 0. The van der Waals surface area contributed by atoms with Gasteiger partial charge in [-0.25, -0.2) is 0 Å². The van der Waals surface area contributed by atoms with Crippen molar-refractivity contribution in [3.8, 4) is 0 Å². The van der Waals surface area contributed by atoms with Gasteiger partial charge in [-0.15, -0.1) is 0 Å². The highest BCUT2D eigenvalue weighted by Crippen LogP contribution is 2.40. The zero-order valence-corrected chi connectivity index (χ0v) is 12.4. The first-order valence-electron chi connectivity index (χ1n) is 7.63. The van der Waals surface area contributed by atoms with Gasteiger partial charge in [0.1, 0.15) is 5.60 Å². The molecule has 0 aromatic carbocycles. The molecule has 2 atom stereocenters. The van der Waals surface area contributed by atoms with E-state index in [2.05, 4.69) is 27.7 Å². The summed E-state index contributed by atoms with van der Waals surface area (Å²) >= 11 is 0. The second-order valence-corrected chi connectivity index (χ2v) is 7.14. The second kappa shape index (κ2) is 5.22. The summed E-state index contributed by atoms with van der Waals surface area (Å²) in [7, 11) is 0. The summed E-state index contributed by atoms with van der Waals surface area (Å²) in [4.78, 5) is 12.1. The van der Waals surface area contributed by atoms with Crippen molar-refractivity contribution in [1.82, 2.24) is 0 Å². The van der Waals surface area contributed by atoms with Crippen molar-refractivity contribution < 1.29 is 9.53 Å². The molecule has 0 aromatic rings. The lowest BCUT2D eigenvalue weighted by Crippen LogP contribution is -2.43. The van der Waals surface area contributed by atoms with E-state index in [4.69, 9.17) is 4.74 Å². The highest BCUT2D eigenvalue weighted by molar-refractivity contribution is 5.74. The number of carbonyl (C=O) groups excluding carboxylic acids is 1. The third kappa shape index (κ3) is 2.89. The standard InChI is InChI=1S/C16H28O2/c1-11-5-8-13(9-6-11)16(3,4)18-15(17)14-10-7-12(14)2/h11-14H,5-10H2,1-4H3. The molecule has 2 saturated carbocycles. The molecule has 0 heterocycles.